The summed E-state index contributed by atoms with van der Waals surface area (Å²) >= 11 is 1.54. The average molecular weight is 325 g/mol. The van der Waals surface area contributed by atoms with Crippen LogP contribution in [0.25, 0.3) is 11.0 Å². The Morgan fingerprint density at radius 3 is 2.65 bits per heavy atom. The van der Waals surface area contributed by atoms with E-state index < -0.39 is 0 Å². The van der Waals surface area contributed by atoms with Crippen molar-refractivity contribution < 1.29 is 9.21 Å². The van der Waals surface area contributed by atoms with Gasteiger partial charge in [-0.15, -0.1) is 11.8 Å². The lowest BCUT2D eigenvalue weighted by atomic mass is 10.2. The van der Waals surface area contributed by atoms with Gasteiger partial charge in [-0.1, -0.05) is 35.9 Å². The molecule has 3 nitrogen and oxygen atoms in total. The van der Waals surface area contributed by atoms with Gasteiger partial charge in [0, 0.05) is 10.3 Å². The molecule has 0 radical (unpaired) electrons. The zero-order valence-electron chi connectivity index (χ0n) is 13.2. The van der Waals surface area contributed by atoms with Crippen molar-refractivity contribution in [2.45, 2.75) is 24.8 Å². The number of aryl methyl sites for hydroxylation is 1. The third kappa shape index (κ3) is 3.96. The van der Waals surface area contributed by atoms with Crippen LogP contribution in [0.15, 0.2) is 63.9 Å². The highest BCUT2D eigenvalue weighted by Crippen LogP contribution is 2.24. The molecule has 0 spiro atoms. The van der Waals surface area contributed by atoms with E-state index in [0.717, 1.165) is 21.6 Å². The maximum absolute atomic E-state index is 12.1. The smallest absolute Gasteiger partial charge is 0.230 e. The normalized spacial score (nSPS) is 12.3. The Balaban J connectivity index is 1.57. The topological polar surface area (TPSA) is 42.2 Å². The van der Waals surface area contributed by atoms with E-state index in [4.69, 9.17) is 4.42 Å². The summed E-state index contributed by atoms with van der Waals surface area (Å²) < 4.78 is 5.79. The predicted octanol–water partition coefficient (Wildman–Crippen LogP) is 4.71. The Labute approximate surface area is 140 Å². The lowest BCUT2D eigenvalue weighted by Crippen LogP contribution is -2.27. The highest BCUT2D eigenvalue weighted by atomic mass is 32.2. The summed E-state index contributed by atoms with van der Waals surface area (Å²) in [5, 5.41) is 4.04. The summed E-state index contributed by atoms with van der Waals surface area (Å²) in [5.41, 5.74) is 2.06. The molecular formula is C19H19NO2S. The molecule has 0 saturated heterocycles. The third-order valence-corrected chi connectivity index (χ3v) is 4.65. The fourth-order valence-electron chi connectivity index (χ4n) is 2.35. The van der Waals surface area contributed by atoms with Crippen LogP contribution in [0.3, 0.4) is 0 Å². The molecule has 118 valence electrons. The van der Waals surface area contributed by atoms with Crippen molar-refractivity contribution in [3.05, 3.63) is 65.9 Å². The number of nitrogens with one attached hydrogen (secondary N) is 1. The van der Waals surface area contributed by atoms with Gasteiger partial charge in [0.2, 0.25) is 5.91 Å². The molecule has 1 amide bonds. The summed E-state index contributed by atoms with van der Waals surface area (Å²) in [6, 6.07) is 17.9. The zero-order chi connectivity index (χ0) is 16.2. The molecule has 0 aliphatic heterocycles. The van der Waals surface area contributed by atoms with E-state index >= 15 is 0 Å². The number of thioether (sulfide) groups is 1. The Morgan fingerprint density at radius 2 is 1.91 bits per heavy atom. The molecular weight excluding hydrogens is 306 g/mol. The van der Waals surface area contributed by atoms with E-state index in [-0.39, 0.29) is 11.9 Å². The summed E-state index contributed by atoms with van der Waals surface area (Å²) in [7, 11) is 0. The standard InChI is InChI=1S/C19H19NO2S/c1-13-7-9-16(10-8-13)23-12-19(21)20-14(2)18-11-15-5-3-4-6-17(15)22-18/h3-11,14H,12H2,1-2H3,(H,20,21)/t14-/m1/s1. The number of hydrogen-bond acceptors (Lipinski definition) is 3. The molecule has 3 rings (SSSR count). The van der Waals surface area contributed by atoms with E-state index in [1.54, 1.807) is 0 Å². The van der Waals surface area contributed by atoms with Gasteiger partial charge in [-0.25, -0.2) is 0 Å². The summed E-state index contributed by atoms with van der Waals surface area (Å²) in [6.45, 7) is 3.99. The molecule has 1 N–H and O–H groups in total. The first-order chi connectivity index (χ1) is 11.1. The molecule has 0 unspecified atom stereocenters. The van der Waals surface area contributed by atoms with Gasteiger partial charge in [-0.2, -0.15) is 0 Å². The Bertz CT molecular complexity index is 775. The number of furan rings is 1. The van der Waals surface area contributed by atoms with E-state index in [9.17, 15) is 4.79 Å². The van der Waals surface area contributed by atoms with Gasteiger partial charge in [-0.05, 0) is 38.1 Å². The van der Waals surface area contributed by atoms with Crippen LogP contribution in [0.5, 0.6) is 0 Å². The van der Waals surface area contributed by atoms with Gasteiger partial charge in [0.25, 0.3) is 0 Å². The van der Waals surface area contributed by atoms with Gasteiger partial charge in [0.05, 0.1) is 11.8 Å². The second kappa shape index (κ2) is 6.92. The van der Waals surface area contributed by atoms with Crippen LogP contribution in [-0.2, 0) is 4.79 Å². The van der Waals surface area contributed by atoms with Crippen LogP contribution in [0, 0.1) is 6.92 Å². The second-order valence-electron chi connectivity index (χ2n) is 5.58. The average Bonchev–Trinajstić information content (AvgIpc) is 2.98. The number of para-hydroxylation sites is 1. The SMILES string of the molecule is Cc1ccc(SCC(=O)N[C@H](C)c2cc3ccccc3o2)cc1. The number of carbonyl (C=O) groups is 1. The van der Waals surface area contributed by atoms with Crippen molar-refractivity contribution in [2.24, 2.45) is 0 Å². The van der Waals surface area contributed by atoms with Crippen LogP contribution in [0.4, 0.5) is 0 Å². The molecule has 1 atom stereocenters. The highest BCUT2D eigenvalue weighted by molar-refractivity contribution is 8.00. The Morgan fingerprint density at radius 1 is 1.17 bits per heavy atom. The van der Waals surface area contributed by atoms with Gasteiger partial charge < -0.3 is 9.73 Å². The molecule has 23 heavy (non-hydrogen) atoms. The summed E-state index contributed by atoms with van der Waals surface area (Å²) in [5.74, 6) is 1.18. The van der Waals surface area contributed by atoms with Crippen LogP contribution >= 0.6 is 11.8 Å². The fraction of sp³-hybridized carbons (Fsp3) is 0.211. The second-order valence-corrected chi connectivity index (χ2v) is 6.63. The van der Waals surface area contributed by atoms with E-state index in [1.807, 2.05) is 49.4 Å². The molecule has 0 fully saturated rings. The molecule has 0 saturated carbocycles. The minimum absolute atomic E-state index is 0.00327. The first-order valence-corrected chi connectivity index (χ1v) is 8.58. The number of amides is 1. The van der Waals surface area contributed by atoms with E-state index in [0.29, 0.717) is 5.75 Å². The largest absolute Gasteiger partial charge is 0.459 e. The van der Waals surface area contributed by atoms with Gasteiger partial charge in [0.1, 0.15) is 11.3 Å². The van der Waals surface area contributed by atoms with Crippen molar-refractivity contribution >= 4 is 28.6 Å². The molecule has 1 aromatic heterocycles. The molecule has 0 bridgehead atoms. The van der Waals surface area contributed by atoms with Crippen LogP contribution in [-0.4, -0.2) is 11.7 Å². The number of fused-ring (bicyclic) bond motifs is 1. The zero-order valence-corrected chi connectivity index (χ0v) is 14.0. The van der Waals surface area contributed by atoms with Crippen LogP contribution < -0.4 is 5.32 Å². The van der Waals surface area contributed by atoms with Gasteiger partial charge in [-0.3, -0.25) is 4.79 Å². The maximum atomic E-state index is 12.1. The number of rotatable bonds is 5. The highest BCUT2D eigenvalue weighted by Gasteiger charge is 2.14. The minimum atomic E-state index is -0.145. The minimum Gasteiger partial charge on any atom is -0.459 e. The summed E-state index contributed by atoms with van der Waals surface area (Å²) in [6.07, 6.45) is 0. The maximum Gasteiger partial charge on any atom is 0.230 e. The Hall–Kier alpha value is -2.20. The number of benzene rings is 2. The van der Waals surface area contributed by atoms with Crippen molar-refractivity contribution in [2.75, 3.05) is 5.75 Å². The monoisotopic (exact) mass is 325 g/mol. The van der Waals surface area contributed by atoms with Gasteiger partial charge in [0.15, 0.2) is 0 Å². The number of hydrogen-bond donors (Lipinski definition) is 1. The van der Waals surface area contributed by atoms with Crippen molar-refractivity contribution in [1.29, 1.82) is 0 Å². The summed E-state index contributed by atoms with van der Waals surface area (Å²) in [4.78, 5) is 13.2. The van der Waals surface area contributed by atoms with Crippen molar-refractivity contribution in [3.63, 3.8) is 0 Å². The first-order valence-electron chi connectivity index (χ1n) is 7.59. The molecule has 0 aliphatic carbocycles. The number of carbonyl (C=O) groups excluding carboxylic acids is 1. The van der Waals surface area contributed by atoms with Crippen molar-refractivity contribution in [3.8, 4) is 0 Å². The van der Waals surface area contributed by atoms with E-state index in [2.05, 4.69) is 24.4 Å². The molecule has 1 heterocycles. The fourth-order valence-corrected chi connectivity index (χ4v) is 3.06. The lowest BCUT2D eigenvalue weighted by Gasteiger charge is -2.11. The molecule has 0 aliphatic rings. The first kappa shape index (κ1) is 15.7. The van der Waals surface area contributed by atoms with Crippen LogP contribution in [0.1, 0.15) is 24.3 Å². The quantitative estimate of drug-likeness (QED) is 0.691. The van der Waals surface area contributed by atoms with Crippen LogP contribution in [0.2, 0.25) is 0 Å². The third-order valence-electron chi connectivity index (χ3n) is 3.64. The molecule has 2 aromatic carbocycles. The van der Waals surface area contributed by atoms with E-state index in [1.165, 1.54) is 17.3 Å². The molecule has 3 aromatic rings. The predicted molar refractivity (Wildman–Crippen MR) is 94.7 cm³/mol. The van der Waals surface area contributed by atoms with Gasteiger partial charge >= 0.3 is 0 Å². The van der Waals surface area contributed by atoms with Crippen molar-refractivity contribution in [1.82, 2.24) is 5.32 Å². The lowest BCUT2D eigenvalue weighted by molar-refractivity contribution is -0.119. The Kier molecular flexibility index (Phi) is 4.72. The molecule has 4 heteroatoms.